The lowest BCUT2D eigenvalue weighted by Gasteiger charge is -2.38. The van der Waals surface area contributed by atoms with Crippen LogP contribution in [0.4, 0.5) is 0 Å². The molecule has 0 aliphatic rings. The van der Waals surface area contributed by atoms with Crippen molar-refractivity contribution in [3.8, 4) is 0 Å². The zero-order valence-electron chi connectivity index (χ0n) is 12.6. The molecule has 0 fully saturated rings. The molecule has 20 heavy (non-hydrogen) atoms. The highest BCUT2D eigenvalue weighted by Crippen LogP contribution is 2.31. The summed E-state index contributed by atoms with van der Waals surface area (Å²) in [5, 5.41) is 16.0. The van der Waals surface area contributed by atoms with Crippen molar-refractivity contribution >= 4 is 23.4 Å². The van der Waals surface area contributed by atoms with Gasteiger partial charge in [-0.05, 0) is 45.1 Å². The minimum Gasteiger partial charge on any atom is -0.481 e. The van der Waals surface area contributed by atoms with Crippen LogP contribution < -0.4 is 5.32 Å². The Balaban J connectivity index is 3.01. The number of nitrogens with one attached hydrogen (secondary N) is 1. The third-order valence-electron chi connectivity index (χ3n) is 3.79. The summed E-state index contributed by atoms with van der Waals surface area (Å²) in [6.45, 7) is 10.4. The van der Waals surface area contributed by atoms with E-state index in [0.29, 0.717) is 10.6 Å². The lowest BCUT2D eigenvalue weighted by atomic mass is 9.74. The fraction of sp³-hybridized carbons (Fsp3) is 0.692. The molecule has 0 saturated carbocycles. The third-order valence-corrected chi connectivity index (χ3v) is 4.53. The van der Waals surface area contributed by atoms with Crippen molar-refractivity contribution in [2.45, 2.75) is 53.0 Å². The van der Waals surface area contributed by atoms with E-state index < -0.39 is 16.9 Å². The number of aliphatic carboxylic acids is 1. The molecule has 1 aromatic rings. The van der Waals surface area contributed by atoms with Gasteiger partial charge in [0.1, 0.15) is 4.88 Å². The molecular weight excluding hydrogens is 278 g/mol. The molecule has 0 unspecified atom stereocenters. The fourth-order valence-electron chi connectivity index (χ4n) is 1.50. The van der Waals surface area contributed by atoms with Gasteiger partial charge in [-0.2, -0.15) is 0 Å². The molecule has 6 nitrogen and oxygen atoms in total. The maximum Gasteiger partial charge on any atom is 0.311 e. The van der Waals surface area contributed by atoms with E-state index in [1.54, 1.807) is 27.7 Å². The van der Waals surface area contributed by atoms with Crippen LogP contribution >= 0.6 is 11.5 Å². The molecule has 0 bridgehead atoms. The first-order valence-electron chi connectivity index (χ1n) is 6.39. The van der Waals surface area contributed by atoms with Gasteiger partial charge >= 0.3 is 5.97 Å². The number of rotatable bonds is 5. The monoisotopic (exact) mass is 299 g/mol. The standard InChI is InChI=1S/C13H21N3O3S/c1-7(2)8-9(20-16-15-8)10(17)14-13(5,6)12(3,4)11(18)19/h7H,1-6H3,(H,14,17)(H,18,19). The summed E-state index contributed by atoms with van der Waals surface area (Å²) >= 11 is 1.03. The molecule has 1 heterocycles. The maximum atomic E-state index is 12.3. The molecule has 1 rings (SSSR count). The predicted molar refractivity (Wildman–Crippen MR) is 77.0 cm³/mol. The van der Waals surface area contributed by atoms with E-state index >= 15 is 0 Å². The van der Waals surface area contributed by atoms with Crippen LogP contribution in [0.25, 0.3) is 0 Å². The summed E-state index contributed by atoms with van der Waals surface area (Å²) in [6.07, 6.45) is 0. The average Bonchev–Trinajstić information content (AvgIpc) is 2.76. The van der Waals surface area contributed by atoms with E-state index in [2.05, 4.69) is 14.9 Å². The summed E-state index contributed by atoms with van der Waals surface area (Å²) in [4.78, 5) is 24.1. The van der Waals surface area contributed by atoms with Gasteiger partial charge in [0.25, 0.3) is 5.91 Å². The third kappa shape index (κ3) is 2.98. The Morgan fingerprint density at radius 1 is 1.25 bits per heavy atom. The second kappa shape index (κ2) is 5.47. The van der Waals surface area contributed by atoms with E-state index in [9.17, 15) is 14.7 Å². The summed E-state index contributed by atoms with van der Waals surface area (Å²) in [7, 11) is 0. The molecule has 0 aliphatic heterocycles. The lowest BCUT2D eigenvalue weighted by Crippen LogP contribution is -2.56. The summed E-state index contributed by atoms with van der Waals surface area (Å²) in [6, 6.07) is 0. The van der Waals surface area contributed by atoms with Crippen molar-refractivity contribution < 1.29 is 14.7 Å². The number of carbonyl (C=O) groups is 2. The summed E-state index contributed by atoms with van der Waals surface area (Å²) < 4.78 is 3.81. The summed E-state index contributed by atoms with van der Waals surface area (Å²) in [5.41, 5.74) is -1.37. The molecule has 2 N–H and O–H groups in total. The first-order chi connectivity index (χ1) is 9.00. The van der Waals surface area contributed by atoms with Crippen molar-refractivity contribution in [1.82, 2.24) is 14.9 Å². The first kappa shape index (κ1) is 16.6. The summed E-state index contributed by atoms with van der Waals surface area (Å²) in [5.74, 6) is -1.21. The normalized spacial score (nSPS) is 12.6. The van der Waals surface area contributed by atoms with Crippen LogP contribution in [0, 0.1) is 5.41 Å². The van der Waals surface area contributed by atoms with Crippen LogP contribution in [-0.2, 0) is 4.79 Å². The average molecular weight is 299 g/mol. The van der Waals surface area contributed by atoms with Crippen LogP contribution in [0.1, 0.15) is 62.8 Å². The van der Waals surface area contributed by atoms with Gasteiger partial charge in [0.15, 0.2) is 0 Å². The number of hydrogen-bond acceptors (Lipinski definition) is 5. The zero-order valence-corrected chi connectivity index (χ0v) is 13.5. The second-order valence-electron chi connectivity index (χ2n) is 6.15. The molecular formula is C13H21N3O3S. The number of amides is 1. The molecule has 1 amide bonds. The molecule has 0 radical (unpaired) electrons. The maximum absolute atomic E-state index is 12.3. The van der Waals surface area contributed by atoms with Crippen LogP contribution in [0.5, 0.6) is 0 Å². The Bertz CT molecular complexity index is 521. The van der Waals surface area contributed by atoms with Crippen molar-refractivity contribution in [2.75, 3.05) is 0 Å². The molecule has 0 saturated heterocycles. The number of carboxylic acids is 1. The van der Waals surface area contributed by atoms with Crippen molar-refractivity contribution in [3.63, 3.8) is 0 Å². The Labute approximate surface area is 122 Å². The second-order valence-corrected chi connectivity index (χ2v) is 6.91. The highest BCUT2D eigenvalue weighted by atomic mass is 32.1. The number of nitrogens with zero attached hydrogens (tertiary/aromatic N) is 2. The molecule has 112 valence electrons. The van der Waals surface area contributed by atoms with Crippen molar-refractivity contribution in [2.24, 2.45) is 5.41 Å². The topological polar surface area (TPSA) is 92.2 Å². The number of carbonyl (C=O) groups excluding carboxylic acids is 1. The van der Waals surface area contributed by atoms with Gasteiger partial charge < -0.3 is 10.4 Å². The molecule has 1 aromatic heterocycles. The smallest absolute Gasteiger partial charge is 0.311 e. The van der Waals surface area contributed by atoms with Crippen molar-refractivity contribution in [1.29, 1.82) is 0 Å². The van der Waals surface area contributed by atoms with Crippen LogP contribution in [0.3, 0.4) is 0 Å². The van der Waals surface area contributed by atoms with Crippen LogP contribution in [-0.4, -0.2) is 32.1 Å². The van der Waals surface area contributed by atoms with E-state index in [1.807, 2.05) is 13.8 Å². The van der Waals surface area contributed by atoms with Gasteiger partial charge in [-0.15, -0.1) is 5.10 Å². The highest BCUT2D eigenvalue weighted by Gasteiger charge is 2.45. The SMILES string of the molecule is CC(C)c1nnsc1C(=O)NC(C)(C)C(C)(C)C(=O)O. The minimum atomic E-state index is -1.10. The zero-order chi connectivity index (χ0) is 15.7. The quantitative estimate of drug-likeness (QED) is 0.870. The number of carboxylic acid groups (broad SMARTS) is 1. The largest absolute Gasteiger partial charge is 0.481 e. The van der Waals surface area contributed by atoms with Gasteiger partial charge in [0.05, 0.1) is 16.6 Å². The van der Waals surface area contributed by atoms with E-state index in [4.69, 9.17) is 0 Å². The van der Waals surface area contributed by atoms with Crippen LogP contribution in [0.15, 0.2) is 0 Å². The highest BCUT2D eigenvalue weighted by molar-refractivity contribution is 7.08. The van der Waals surface area contributed by atoms with E-state index in [-0.39, 0.29) is 11.8 Å². The lowest BCUT2D eigenvalue weighted by molar-refractivity contribution is -0.150. The Morgan fingerprint density at radius 3 is 2.25 bits per heavy atom. The van der Waals surface area contributed by atoms with E-state index in [1.165, 1.54) is 0 Å². The van der Waals surface area contributed by atoms with Crippen LogP contribution in [0.2, 0.25) is 0 Å². The predicted octanol–water partition coefficient (Wildman–Crippen LogP) is 2.28. The molecule has 0 atom stereocenters. The molecule has 0 spiro atoms. The number of hydrogen-bond donors (Lipinski definition) is 2. The fourth-order valence-corrected chi connectivity index (χ4v) is 2.21. The van der Waals surface area contributed by atoms with E-state index in [0.717, 1.165) is 11.5 Å². The van der Waals surface area contributed by atoms with Crippen molar-refractivity contribution in [3.05, 3.63) is 10.6 Å². The Kier molecular flexibility index (Phi) is 4.53. The molecule has 0 aliphatic carbocycles. The minimum absolute atomic E-state index is 0.0881. The van der Waals surface area contributed by atoms with Gasteiger partial charge in [-0.1, -0.05) is 18.3 Å². The van der Waals surface area contributed by atoms with Gasteiger partial charge in [0, 0.05) is 0 Å². The van der Waals surface area contributed by atoms with Gasteiger partial charge in [-0.3, -0.25) is 9.59 Å². The first-order valence-corrected chi connectivity index (χ1v) is 7.16. The van der Waals surface area contributed by atoms with Gasteiger partial charge in [0.2, 0.25) is 0 Å². The van der Waals surface area contributed by atoms with Gasteiger partial charge in [-0.25, -0.2) is 0 Å². The molecule has 0 aromatic carbocycles. The Morgan fingerprint density at radius 2 is 1.80 bits per heavy atom. The Hall–Kier alpha value is -1.50. The molecule has 7 heteroatoms. The number of aromatic nitrogens is 2.